The third-order valence-corrected chi connectivity index (χ3v) is 4.95. The van der Waals surface area contributed by atoms with Crippen molar-refractivity contribution in [3.8, 4) is 11.8 Å². The lowest BCUT2D eigenvalue weighted by Gasteiger charge is -2.23. The zero-order chi connectivity index (χ0) is 15.6. The summed E-state index contributed by atoms with van der Waals surface area (Å²) in [7, 11) is 0. The minimum Gasteiger partial charge on any atom is -0.327 e. The van der Waals surface area contributed by atoms with Crippen molar-refractivity contribution in [1.82, 2.24) is 15.8 Å². The predicted octanol–water partition coefficient (Wildman–Crippen LogP) is 1.67. The highest BCUT2D eigenvalue weighted by Crippen LogP contribution is 2.36. The van der Waals surface area contributed by atoms with E-state index in [2.05, 4.69) is 22.7 Å². The normalized spacial score (nSPS) is 26.4. The lowest BCUT2D eigenvalue weighted by molar-refractivity contribution is -0.133. The summed E-state index contributed by atoms with van der Waals surface area (Å²) >= 11 is 0. The molecule has 4 rings (SSSR count). The fraction of sp³-hybridized carbons (Fsp3) is 0.526. The third kappa shape index (κ3) is 3.57. The first kappa shape index (κ1) is 14.7. The topological polar surface area (TPSA) is 44.4 Å². The Bertz CT molecular complexity index is 625. The number of hydrogen-bond acceptors (Lipinski definition) is 3. The molecule has 2 N–H and O–H groups in total. The van der Waals surface area contributed by atoms with Crippen molar-refractivity contribution in [3.63, 3.8) is 0 Å². The van der Waals surface area contributed by atoms with Gasteiger partial charge in [0.05, 0.1) is 6.54 Å². The number of nitrogens with one attached hydrogen (secondary N) is 2. The molecule has 23 heavy (non-hydrogen) atoms. The van der Waals surface area contributed by atoms with Gasteiger partial charge in [-0.05, 0) is 50.2 Å². The van der Waals surface area contributed by atoms with Gasteiger partial charge in [-0.2, -0.15) is 0 Å². The molecule has 4 nitrogen and oxygen atoms in total. The van der Waals surface area contributed by atoms with Crippen molar-refractivity contribution in [2.75, 3.05) is 6.54 Å². The van der Waals surface area contributed by atoms with Gasteiger partial charge >= 0.3 is 0 Å². The molecule has 3 fully saturated rings. The number of amides is 1. The van der Waals surface area contributed by atoms with Gasteiger partial charge in [0.25, 0.3) is 0 Å². The van der Waals surface area contributed by atoms with Crippen LogP contribution in [0.15, 0.2) is 30.3 Å². The number of rotatable bonds is 4. The van der Waals surface area contributed by atoms with Crippen LogP contribution in [0.25, 0.3) is 0 Å². The van der Waals surface area contributed by atoms with Crippen LogP contribution < -0.4 is 10.9 Å². The molecule has 1 heterocycles. The second-order valence-corrected chi connectivity index (χ2v) is 6.89. The zero-order valence-electron chi connectivity index (χ0n) is 13.3. The average molecular weight is 309 g/mol. The molecule has 3 aliphatic rings. The van der Waals surface area contributed by atoms with Crippen molar-refractivity contribution in [1.29, 1.82) is 0 Å². The number of hydrogen-bond donors (Lipinski definition) is 2. The number of hydrazine groups is 1. The first-order chi connectivity index (χ1) is 11.3. The molecule has 1 amide bonds. The first-order valence-corrected chi connectivity index (χ1v) is 8.67. The molecule has 0 radical (unpaired) electrons. The fourth-order valence-electron chi connectivity index (χ4n) is 3.27. The Morgan fingerprint density at radius 1 is 1.13 bits per heavy atom. The van der Waals surface area contributed by atoms with E-state index in [4.69, 9.17) is 0 Å². The molecule has 2 aliphatic carbocycles. The molecule has 1 aromatic rings. The molecule has 2 atom stereocenters. The van der Waals surface area contributed by atoms with Crippen LogP contribution in [0.4, 0.5) is 0 Å². The lowest BCUT2D eigenvalue weighted by Crippen LogP contribution is -2.46. The monoisotopic (exact) mass is 309 g/mol. The van der Waals surface area contributed by atoms with Crippen LogP contribution in [0.1, 0.15) is 37.7 Å². The lowest BCUT2D eigenvalue weighted by atomic mass is 10.1. The standard InChI is InChI=1S/C19H23N3O/c23-19(18-13-17(20-21-18)15-8-9-15)22(16-10-11-16)12-4-7-14-5-2-1-3-6-14/h1-3,5-6,15-18,20-21H,8-13H2. The number of carbonyl (C=O) groups excluding carboxylic acids is 1. The SMILES string of the molecule is O=C(C1CC(C2CC2)NN1)N(CC#Cc1ccccc1)C1CC1. The molecule has 0 aromatic heterocycles. The van der Waals surface area contributed by atoms with Crippen LogP contribution in [0.5, 0.6) is 0 Å². The van der Waals surface area contributed by atoms with Crippen molar-refractivity contribution in [2.45, 2.75) is 50.2 Å². The molecule has 0 bridgehead atoms. The maximum absolute atomic E-state index is 12.8. The van der Waals surface area contributed by atoms with Gasteiger partial charge in [-0.15, -0.1) is 0 Å². The summed E-state index contributed by atoms with van der Waals surface area (Å²) < 4.78 is 0. The first-order valence-electron chi connectivity index (χ1n) is 8.67. The van der Waals surface area contributed by atoms with E-state index in [9.17, 15) is 4.79 Å². The van der Waals surface area contributed by atoms with Crippen LogP contribution in [0, 0.1) is 17.8 Å². The molecule has 2 unspecified atom stereocenters. The molecular formula is C19H23N3O. The second kappa shape index (κ2) is 6.35. The molecule has 0 spiro atoms. The van der Waals surface area contributed by atoms with E-state index in [0.717, 1.165) is 30.7 Å². The minimum atomic E-state index is -0.0836. The zero-order valence-corrected chi connectivity index (χ0v) is 13.3. The fourth-order valence-corrected chi connectivity index (χ4v) is 3.27. The van der Waals surface area contributed by atoms with E-state index in [0.29, 0.717) is 18.6 Å². The molecule has 1 saturated heterocycles. The van der Waals surface area contributed by atoms with E-state index >= 15 is 0 Å². The summed E-state index contributed by atoms with van der Waals surface area (Å²) in [4.78, 5) is 14.8. The molecule has 1 aromatic carbocycles. The summed E-state index contributed by atoms with van der Waals surface area (Å²) in [5.41, 5.74) is 7.53. The summed E-state index contributed by atoms with van der Waals surface area (Å²) in [6, 6.07) is 10.7. The van der Waals surface area contributed by atoms with Gasteiger partial charge in [-0.25, -0.2) is 5.43 Å². The van der Waals surface area contributed by atoms with Crippen molar-refractivity contribution in [3.05, 3.63) is 35.9 Å². The quantitative estimate of drug-likeness (QED) is 0.832. The minimum absolute atomic E-state index is 0.0836. The summed E-state index contributed by atoms with van der Waals surface area (Å²) in [6.07, 6.45) is 5.75. The Kier molecular flexibility index (Phi) is 4.07. The Hall–Kier alpha value is -1.83. The Labute approximate surface area is 137 Å². The van der Waals surface area contributed by atoms with Crippen LogP contribution >= 0.6 is 0 Å². The highest BCUT2D eigenvalue weighted by atomic mass is 16.2. The molecule has 1 aliphatic heterocycles. The molecule has 2 saturated carbocycles. The van der Waals surface area contributed by atoms with E-state index in [1.54, 1.807) is 0 Å². The van der Waals surface area contributed by atoms with Gasteiger partial charge in [0.15, 0.2) is 0 Å². The highest BCUT2D eigenvalue weighted by molar-refractivity contribution is 5.83. The largest absolute Gasteiger partial charge is 0.327 e. The van der Waals surface area contributed by atoms with Crippen molar-refractivity contribution >= 4 is 5.91 Å². The van der Waals surface area contributed by atoms with Gasteiger partial charge in [-0.1, -0.05) is 30.0 Å². The van der Waals surface area contributed by atoms with Gasteiger partial charge in [-0.3, -0.25) is 10.2 Å². The van der Waals surface area contributed by atoms with E-state index in [1.165, 1.54) is 12.8 Å². The van der Waals surface area contributed by atoms with Crippen molar-refractivity contribution in [2.24, 2.45) is 5.92 Å². The summed E-state index contributed by atoms with van der Waals surface area (Å²) in [5, 5.41) is 0. The van der Waals surface area contributed by atoms with Gasteiger partial charge in [0.1, 0.15) is 6.04 Å². The Balaban J connectivity index is 1.38. The van der Waals surface area contributed by atoms with Crippen LogP contribution in [-0.2, 0) is 4.79 Å². The van der Waals surface area contributed by atoms with Crippen LogP contribution in [-0.4, -0.2) is 35.5 Å². The summed E-state index contributed by atoms with van der Waals surface area (Å²) in [6.45, 7) is 0.532. The Morgan fingerprint density at radius 3 is 2.61 bits per heavy atom. The maximum atomic E-state index is 12.8. The van der Waals surface area contributed by atoms with Crippen LogP contribution in [0.3, 0.4) is 0 Å². The third-order valence-electron chi connectivity index (χ3n) is 4.95. The number of benzene rings is 1. The molecular weight excluding hydrogens is 286 g/mol. The second-order valence-electron chi connectivity index (χ2n) is 6.89. The summed E-state index contributed by atoms with van der Waals surface area (Å²) in [5.74, 6) is 7.33. The van der Waals surface area contributed by atoms with E-state index in [-0.39, 0.29) is 11.9 Å². The number of nitrogens with zero attached hydrogens (tertiary/aromatic N) is 1. The average Bonchev–Trinajstić information content (AvgIpc) is 3.51. The van der Waals surface area contributed by atoms with E-state index in [1.807, 2.05) is 35.2 Å². The Morgan fingerprint density at radius 2 is 1.91 bits per heavy atom. The van der Waals surface area contributed by atoms with Gasteiger partial charge in [0.2, 0.25) is 5.91 Å². The predicted molar refractivity (Wildman–Crippen MR) is 89.2 cm³/mol. The van der Waals surface area contributed by atoms with Gasteiger partial charge < -0.3 is 4.90 Å². The smallest absolute Gasteiger partial charge is 0.242 e. The van der Waals surface area contributed by atoms with Gasteiger partial charge in [0, 0.05) is 17.6 Å². The highest BCUT2D eigenvalue weighted by Gasteiger charge is 2.42. The van der Waals surface area contributed by atoms with Crippen LogP contribution in [0.2, 0.25) is 0 Å². The van der Waals surface area contributed by atoms with E-state index < -0.39 is 0 Å². The molecule has 4 heteroatoms. The van der Waals surface area contributed by atoms with Crippen molar-refractivity contribution < 1.29 is 4.79 Å². The number of carbonyl (C=O) groups is 1. The molecule has 120 valence electrons. The maximum Gasteiger partial charge on any atom is 0.242 e.